The maximum atomic E-state index is 14.3. The topological polar surface area (TPSA) is 166 Å². The molecule has 6 rings (SSSR count). The molecule has 2 heterocycles. The minimum Gasteiger partial charge on any atom is -0.487 e. The number of aliphatic hydroxyl groups excluding tert-OH is 2. The van der Waals surface area contributed by atoms with Gasteiger partial charge in [0.2, 0.25) is 11.7 Å². The number of unbranched alkanes of at least 4 members (excludes halogenated alkanes) is 2. The molecule has 3 aromatic rings. The van der Waals surface area contributed by atoms with Gasteiger partial charge in [-0.1, -0.05) is 36.2 Å². The first-order valence-electron chi connectivity index (χ1n) is 21.3. The first kappa shape index (κ1) is 45.2. The second-order valence-electron chi connectivity index (χ2n) is 17.2. The molecule has 1 amide bonds. The zero-order valence-corrected chi connectivity index (χ0v) is 36.0. The monoisotopic (exact) mass is 836 g/mol. The van der Waals surface area contributed by atoms with Gasteiger partial charge in [-0.25, -0.2) is 0 Å². The Morgan fingerprint density at radius 1 is 1.08 bits per heavy atom. The number of carbonyl (C=O) groups excluding carboxylic acids is 1. The number of nitro groups is 1. The van der Waals surface area contributed by atoms with E-state index in [1.165, 1.54) is 18.2 Å². The molecule has 6 atom stereocenters. The zero-order valence-electron chi connectivity index (χ0n) is 36.0. The van der Waals surface area contributed by atoms with E-state index in [9.17, 15) is 25.1 Å². The Kier molecular flexibility index (Phi) is 14.8. The Hall–Kier alpha value is -5.37. The molecule has 2 aliphatic carbocycles. The quantitative estimate of drug-likeness (QED) is 0.0393. The molecule has 1 fully saturated rings. The van der Waals surface area contributed by atoms with Crippen molar-refractivity contribution in [3.05, 3.63) is 124 Å². The van der Waals surface area contributed by atoms with E-state index in [4.69, 9.17) is 24.2 Å². The van der Waals surface area contributed by atoms with Crippen molar-refractivity contribution >= 4 is 23.4 Å². The van der Waals surface area contributed by atoms with Crippen molar-refractivity contribution in [2.75, 3.05) is 26.9 Å². The molecule has 13 nitrogen and oxygen atoms in total. The van der Waals surface area contributed by atoms with Gasteiger partial charge in [0.15, 0.2) is 0 Å². The van der Waals surface area contributed by atoms with Gasteiger partial charge in [-0.05, 0) is 125 Å². The highest BCUT2D eigenvalue weighted by atomic mass is 16.7. The highest BCUT2D eigenvalue weighted by Gasteiger charge is 2.65. The third-order valence-corrected chi connectivity index (χ3v) is 11.7. The number of aryl methyl sites for hydroxylation is 1. The molecule has 326 valence electrons. The fourth-order valence-corrected chi connectivity index (χ4v) is 8.99. The lowest BCUT2D eigenvalue weighted by atomic mass is 9.55. The number of rotatable bonds is 19. The summed E-state index contributed by atoms with van der Waals surface area (Å²) >= 11 is 0. The number of pyridine rings is 1. The molecule has 3 aliphatic rings. The lowest BCUT2D eigenvalue weighted by molar-refractivity contribution is -0.384. The van der Waals surface area contributed by atoms with Crippen molar-refractivity contribution in [1.82, 2.24) is 9.88 Å². The molecule has 1 aliphatic heterocycles. The van der Waals surface area contributed by atoms with Gasteiger partial charge in [-0.15, -0.1) is 6.58 Å². The molecule has 0 bridgehead atoms. The first-order valence-corrected chi connectivity index (χ1v) is 21.3. The predicted molar refractivity (Wildman–Crippen MR) is 234 cm³/mol. The number of aromatic nitrogens is 1. The number of nitro benzene ring substituents is 1. The number of hydrogen-bond acceptors (Lipinski definition) is 11. The summed E-state index contributed by atoms with van der Waals surface area (Å²) in [6.07, 6.45) is 11.9. The number of carbonyl (C=O) groups is 1. The zero-order chi connectivity index (χ0) is 43.7. The summed E-state index contributed by atoms with van der Waals surface area (Å²) in [6.45, 7) is 12.4. The van der Waals surface area contributed by atoms with Crippen molar-refractivity contribution in [2.45, 2.75) is 103 Å². The molecular formula is C48H60N4O9. The van der Waals surface area contributed by atoms with E-state index >= 15 is 0 Å². The highest BCUT2D eigenvalue weighted by Crippen LogP contribution is 2.62. The van der Waals surface area contributed by atoms with Crippen LogP contribution in [0.3, 0.4) is 0 Å². The molecule has 0 spiro atoms. The summed E-state index contributed by atoms with van der Waals surface area (Å²) in [5.41, 5.74) is 4.27. The maximum Gasteiger partial charge on any atom is 0.269 e. The normalized spacial score (nSPS) is 23.7. The van der Waals surface area contributed by atoms with Crippen LogP contribution in [-0.2, 0) is 21.0 Å². The Bertz CT molecular complexity index is 2110. The summed E-state index contributed by atoms with van der Waals surface area (Å²) in [6, 6.07) is 17.0. The Labute approximate surface area is 358 Å². The van der Waals surface area contributed by atoms with Crippen LogP contribution < -0.4 is 9.47 Å². The number of hydrogen-bond donors (Lipinski definition) is 2. The number of fused-ring (bicyclic) bond motifs is 2. The molecule has 1 aromatic heterocycles. The molecule has 2 N–H and O–H groups in total. The number of aliphatic hydroxyl groups is 2. The van der Waals surface area contributed by atoms with Crippen LogP contribution in [0, 0.1) is 34.8 Å². The van der Waals surface area contributed by atoms with E-state index in [1.54, 1.807) is 36.2 Å². The van der Waals surface area contributed by atoms with Crippen molar-refractivity contribution in [3.63, 3.8) is 0 Å². The smallest absolute Gasteiger partial charge is 0.269 e. The van der Waals surface area contributed by atoms with E-state index in [1.807, 2.05) is 58.0 Å². The van der Waals surface area contributed by atoms with Gasteiger partial charge in [0, 0.05) is 62.1 Å². The summed E-state index contributed by atoms with van der Waals surface area (Å²) in [5, 5.41) is 35.9. The second-order valence-corrected chi connectivity index (χ2v) is 17.2. The number of nitrogens with zero attached hydrogens (tertiary/aromatic N) is 4. The molecule has 1 saturated carbocycles. The molecule has 13 heteroatoms. The SMILES string of the molecule is C=CCOC12Oc3ccc(OCc4cccc(C)n4)cc3C3C(CCCCO)C(CCCCO)C=C(C(=NOC(C)(C)C)CC1N(C)C(=O)C=Cc1ccc([N+](=O)[O-])cc1)C32. The largest absolute Gasteiger partial charge is 0.487 e. The second kappa shape index (κ2) is 20.0. The minimum atomic E-state index is -1.41. The summed E-state index contributed by atoms with van der Waals surface area (Å²) in [5.74, 6) is -1.03. The van der Waals surface area contributed by atoms with Gasteiger partial charge in [0.1, 0.15) is 29.7 Å². The average molecular weight is 837 g/mol. The van der Waals surface area contributed by atoms with Gasteiger partial charge < -0.3 is 34.2 Å². The summed E-state index contributed by atoms with van der Waals surface area (Å²) in [7, 11) is 1.73. The van der Waals surface area contributed by atoms with Crippen molar-refractivity contribution in [3.8, 4) is 11.5 Å². The van der Waals surface area contributed by atoms with Crippen LogP contribution in [0.5, 0.6) is 11.5 Å². The van der Waals surface area contributed by atoms with Crippen LogP contribution in [0.1, 0.15) is 94.1 Å². The molecule has 0 saturated heterocycles. The number of allylic oxidation sites excluding steroid dienone is 1. The molecule has 2 aromatic carbocycles. The number of amides is 1. The summed E-state index contributed by atoms with van der Waals surface area (Å²) < 4.78 is 20.6. The predicted octanol–water partition coefficient (Wildman–Crippen LogP) is 8.48. The van der Waals surface area contributed by atoms with Gasteiger partial charge in [0.25, 0.3) is 5.69 Å². The van der Waals surface area contributed by atoms with Gasteiger partial charge >= 0.3 is 0 Å². The van der Waals surface area contributed by atoms with E-state index < -0.39 is 28.3 Å². The van der Waals surface area contributed by atoms with Crippen LogP contribution in [0.2, 0.25) is 0 Å². The van der Waals surface area contributed by atoms with Gasteiger partial charge in [0.05, 0.1) is 28.9 Å². The van der Waals surface area contributed by atoms with Crippen molar-refractivity contribution in [1.29, 1.82) is 0 Å². The average Bonchev–Trinajstić information content (AvgIpc) is 3.24. The fourth-order valence-electron chi connectivity index (χ4n) is 8.99. The van der Waals surface area contributed by atoms with Crippen LogP contribution in [-0.4, -0.2) is 80.9 Å². The van der Waals surface area contributed by atoms with Crippen LogP contribution in [0.25, 0.3) is 6.08 Å². The minimum absolute atomic E-state index is 0.0405. The fraction of sp³-hybridized carbons (Fsp3) is 0.479. The lowest BCUT2D eigenvalue weighted by Gasteiger charge is -2.59. The molecule has 6 unspecified atom stereocenters. The number of ether oxygens (including phenoxy) is 3. The van der Waals surface area contributed by atoms with Crippen LogP contribution >= 0.6 is 0 Å². The number of likely N-dealkylation sites (N-methyl/N-ethyl adjacent to an activating group) is 1. The number of oxime groups is 1. The highest BCUT2D eigenvalue weighted by molar-refractivity contribution is 6.03. The Balaban J connectivity index is 1.52. The van der Waals surface area contributed by atoms with E-state index in [0.29, 0.717) is 35.6 Å². The Morgan fingerprint density at radius 3 is 2.49 bits per heavy atom. The first-order chi connectivity index (χ1) is 29.3. The van der Waals surface area contributed by atoms with Crippen LogP contribution in [0.4, 0.5) is 5.69 Å². The third kappa shape index (κ3) is 10.6. The van der Waals surface area contributed by atoms with E-state index in [-0.39, 0.29) is 62.2 Å². The molecular weight excluding hydrogens is 777 g/mol. The molecule has 61 heavy (non-hydrogen) atoms. The number of non-ortho nitro benzene ring substituents is 1. The van der Waals surface area contributed by atoms with Gasteiger partial charge in [-0.3, -0.25) is 19.9 Å². The lowest BCUT2D eigenvalue weighted by Crippen LogP contribution is -2.69. The Morgan fingerprint density at radius 2 is 1.82 bits per heavy atom. The maximum absolute atomic E-state index is 14.3. The molecule has 0 radical (unpaired) electrons. The standard InChI is InChI=1S/C48H60N4O9/c1-7-27-59-48-43(51(6)44(55)24-19-33-17-20-36(21-18-33)52(56)57)30-41(50-61-47(3,4)5)39-28-34(14-8-10-25-53)38(16-9-11-26-54)45(46(39)48)40-29-37(22-23-42(40)60-48)58-31-35-15-12-13-32(2)49-35/h7,12-13,15,17-24,28-29,34,38,43,45-46,53-54H,1,8-11,14,16,25-27,30-31H2,2-6H3. The van der Waals surface area contributed by atoms with E-state index in [0.717, 1.165) is 48.2 Å². The van der Waals surface area contributed by atoms with E-state index in [2.05, 4.69) is 23.7 Å². The third-order valence-electron chi connectivity index (χ3n) is 11.7. The summed E-state index contributed by atoms with van der Waals surface area (Å²) in [4.78, 5) is 37.6. The number of benzene rings is 2. The van der Waals surface area contributed by atoms with Crippen molar-refractivity contribution in [2.24, 2.45) is 22.9 Å². The van der Waals surface area contributed by atoms with Crippen LogP contribution in [0.15, 0.2) is 96.2 Å². The van der Waals surface area contributed by atoms with Crippen molar-refractivity contribution < 1.29 is 39.0 Å². The van der Waals surface area contributed by atoms with Gasteiger partial charge in [-0.2, -0.15) is 0 Å².